The van der Waals surface area contributed by atoms with Gasteiger partial charge in [-0.3, -0.25) is 4.79 Å². The van der Waals surface area contributed by atoms with Crippen LogP contribution in [0.5, 0.6) is 0 Å². The Morgan fingerprint density at radius 1 is 0.975 bits per heavy atom. The van der Waals surface area contributed by atoms with Gasteiger partial charge in [-0.15, -0.1) is 11.3 Å². The predicted octanol–water partition coefficient (Wildman–Crippen LogP) is 2.98. The number of aliphatic hydroxyl groups excluding tert-OH is 5. The summed E-state index contributed by atoms with van der Waals surface area (Å²) in [6, 6.07) is 12.0. The quantitative estimate of drug-likeness (QED) is 0.142. The minimum atomic E-state index is -1.79. The minimum Gasteiger partial charge on any atom is -0.459 e. The molecule has 1 aliphatic rings. The van der Waals surface area contributed by atoms with Gasteiger partial charge in [0.25, 0.3) is 0 Å². The highest BCUT2D eigenvalue weighted by atomic mass is 32.1. The van der Waals surface area contributed by atoms with E-state index in [1.54, 1.807) is 6.07 Å². The summed E-state index contributed by atoms with van der Waals surface area (Å²) in [5.74, 6) is -0.506. The van der Waals surface area contributed by atoms with Crippen LogP contribution < -0.4 is 4.90 Å². The molecule has 3 rings (SSSR count). The molecule has 0 aliphatic carbocycles. The van der Waals surface area contributed by atoms with Gasteiger partial charge in [-0.05, 0) is 68.4 Å². The zero-order valence-corrected chi connectivity index (χ0v) is 24.0. The monoisotopic (exact) mass is 577 g/mol. The molecule has 1 aliphatic heterocycles. The SMILES string of the molecule is CCCCCCc1ccc(N2C(=O)CC[C@@H]2CCCc2ccc(C(=O)OC[C@H](O)[C@H](O)[C@H](O)[C@H](O)CO)s2)cc1. The Morgan fingerprint density at radius 3 is 2.40 bits per heavy atom. The van der Waals surface area contributed by atoms with Gasteiger partial charge in [-0.2, -0.15) is 0 Å². The standard InChI is InChI=1S/C30H43NO8S/c1-2-3-4-5-7-20-10-12-22(13-11-20)31-21(14-17-27(31)35)8-6-9-23-15-16-26(40-23)30(38)39-19-25(34)29(37)28(36)24(33)18-32/h10-13,15-16,21,24-25,28-29,32-34,36-37H,2-9,14,17-19H2,1H3/t21-,24+,25-,28+,29-/m0/s1. The highest BCUT2D eigenvalue weighted by Crippen LogP contribution is 2.30. The van der Waals surface area contributed by atoms with E-state index in [4.69, 9.17) is 9.84 Å². The summed E-state index contributed by atoms with van der Waals surface area (Å²) in [6.45, 7) is 0.846. The van der Waals surface area contributed by atoms with Crippen LogP contribution in [-0.4, -0.2) is 81.1 Å². The van der Waals surface area contributed by atoms with Crippen LogP contribution in [0.4, 0.5) is 5.69 Å². The Hall–Kier alpha value is -2.34. The maximum atomic E-state index is 12.7. The van der Waals surface area contributed by atoms with Crippen molar-refractivity contribution in [3.8, 4) is 0 Å². The number of esters is 1. The van der Waals surface area contributed by atoms with Gasteiger partial charge in [0.05, 0.1) is 6.61 Å². The first-order valence-electron chi connectivity index (χ1n) is 14.2. The van der Waals surface area contributed by atoms with E-state index in [0.29, 0.717) is 11.3 Å². The molecule has 222 valence electrons. The van der Waals surface area contributed by atoms with E-state index in [1.165, 1.54) is 42.6 Å². The zero-order valence-electron chi connectivity index (χ0n) is 23.2. The van der Waals surface area contributed by atoms with Crippen molar-refractivity contribution in [2.75, 3.05) is 18.1 Å². The van der Waals surface area contributed by atoms with Gasteiger partial charge in [0.1, 0.15) is 35.9 Å². The molecule has 10 heteroatoms. The molecule has 1 fully saturated rings. The zero-order chi connectivity index (χ0) is 29.1. The van der Waals surface area contributed by atoms with Crippen LogP contribution in [0.3, 0.4) is 0 Å². The van der Waals surface area contributed by atoms with Crippen LogP contribution in [0.15, 0.2) is 36.4 Å². The molecule has 0 radical (unpaired) electrons. The maximum absolute atomic E-state index is 12.7. The lowest BCUT2D eigenvalue weighted by Crippen LogP contribution is -2.47. The Balaban J connectivity index is 1.45. The summed E-state index contributed by atoms with van der Waals surface area (Å²) in [5.41, 5.74) is 2.26. The van der Waals surface area contributed by atoms with E-state index in [-0.39, 0.29) is 11.9 Å². The number of ether oxygens (including phenoxy) is 1. The number of unbranched alkanes of at least 4 members (excludes halogenated alkanes) is 3. The normalized spacial score (nSPS) is 18.5. The molecule has 1 aromatic carbocycles. The second-order valence-corrected chi connectivity index (χ2v) is 11.7. The number of carbonyl (C=O) groups excluding carboxylic acids is 2. The van der Waals surface area contributed by atoms with Gasteiger partial charge in [-0.1, -0.05) is 38.3 Å². The number of anilines is 1. The number of thiophene rings is 1. The third-order valence-corrected chi connectivity index (χ3v) is 8.52. The second-order valence-electron chi connectivity index (χ2n) is 10.5. The second kappa shape index (κ2) is 16.2. The summed E-state index contributed by atoms with van der Waals surface area (Å²) in [4.78, 5) is 28.3. The Kier molecular flexibility index (Phi) is 13.0. The first kappa shape index (κ1) is 32.2. The van der Waals surface area contributed by atoms with E-state index in [2.05, 4.69) is 31.2 Å². The molecule has 9 nitrogen and oxygen atoms in total. The lowest BCUT2D eigenvalue weighted by molar-refractivity contribution is -0.124. The van der Waals surface area contributed by atoms with E-state index < -0.39 is 43.6 Å². The molecule has 1 aromatic heterocycles. The number of aryl methyl sites for hydroxylation is 2. The first-order chi connectivity index (χ1) is 19.2. The number of nitrogens with zero attached hydrogens (tertiary/aromatic N) is 1. The molecular formula is C30H43NO8S. The average molecular weight is 578 g/mol. The predicted molar refractivity (Wildman–Crippen MR) is 153 cm³/mol. The van der Waals surface area contributed by atoms with Crippen molar-refractivity contribution in [1.29, 1.82) is 0 Å². The molecule has 0 saturated carbocycles. The molecule has 2 aromatic rings. The van der Waals surface area contributed by atoms with Crippen LogP contribution in [0.2, 0.25) is 0 Å². The van der Waals surface area contributed by atoms with Gasteiger partial charge in [0.15, 0.2) is 0 Å². The minimum absolute atomic E-state index is 0.153. The summed E-state index contributed by atoms with van der Waals surface area (Å²) >= 11 is 1.29. The number of rotatable bonds is 17. The number of aliphatic hydroxyl groups is 5. The third-order valence-electron chi connectivity index (χ3n) is 7.39. The van der Waals surface area contributed by atoms with Gasteiger partial charge in [-0.25, -0.2) is 4.79 Å². The molecule has 5 N–H and O–H groups in total. The van der Waals surface area contributed by atoms with E-state index in [9.17, 15) is 30.0 Å². The van der Waals surface area contributed by atoms with Gasteiger partial charge in [0, 0.05) is 23.0 Å². The van der Waals surface area contributed by atoms with Crippen molar-refractivity contribution in [3.05, 3.63) is 51.7 Å². The van der Waals surface area contributed by atoms with E-state index >= 15 is 0 Å². The molecule has 1 saturated heterocycles. The number of carbonyl (C=O) groups is 2. The summed E-state index contributed by atoms with van der Waals surface area (Å²) in [5, 5.41) is 47.7. The third kappa shape index (κ3) is 9.09. The van der Waals surface area contributed by atoms with Crippen LogP contribution in [0.1, 0.15) is 78.4 Å². The lowest BCUT2D eigenvalue weighted by atomic mass is 10.0. The van der Waals surface area contributed by atoms with Gasteiger partial charge < -0.3 is 35.2 Å². The Bertz CT molecular complexity index is 1060. The molecule has 0 unspecified atom stereocenters. The molecule has 0 spiro atoms. The largest absolute Gasteiger partial charge is 0.459 e. The van der Waals surface area contributed by atoms with Crippen molar-refractivity contribution in [3.63, 3.8) is 0 Å². The smallest absolute Gasteiger partial charge is 0.348 e. The number of amides is 1. The lowest BCUT2D eigenvalue weighted by Gasteiger charge is -2.25. The summed E-state index contributed by atoms with van der Waals surface area (Å²) in [7, 11) is 0. The maximum Gasteiger partial charge on any atom is 0.348 e. The van der Waals surface area contributed by atoms with Crippen LogP contribution in [0.25, 0.3) is 0 Å². The van der Waals surface area contributed by atoms with Crippen molar-refractivity contribution in [2.45, 2.75) is 102 Å². The molecule has 5 atom stereocenters. The van der Waals surface area contributed by atoms with Gasteiger partial charge >= 0.3 is 5.97 Å². The molecule has 1 amide bonds. The van der Waals surface area contributed by atoms with Crippen LogP contribution >= 0.6 is 11.3 Å². The van der Waals surface area contributed by atoms with Crippen LogP contribution in [0, 0.1) is 0 Å². The number of benzene rings is 1. The topological polar surface area (TPSA) is 148 Å². The highest BCUT2D eigenvalue weighted by molar-refractivity contribution is 7.13. The van der Waals surface area contributed by atoms with E-state index in [0.717, 1.165) is 42.7 Å². The number of hydrogen-bond acceptors (Lipinski definition) is 9. The van der Waals surface area contributed by atoms with Crippen molar-refractivity contribution < 1.29 is 39.9 Å². The fourth-order valence-corrected chi connectivity index (χ4v) is 5.92. The van der Waals surface area contributed by atoms with Crippen LogP contribution in [-0.2, 0) is 22.4 Å². The Morgan fingerprint density at radius 2 is 1.70 bits per heavy atom. The fraction of sp³-hybridized carbons (Fsp3) is 0.600. The Labute approximate surface area is 240 Å². The molecule has 2 heterocycles. The summed E-state index contributed by atoms with van der Waals surface area (Å²) < 4.78 is 5.05. The highest BCUT2D eigenvalue weighted by Gasteiger charge is 2.32. The molecular weight excluding hydrogens is 534 g/mol. The first-order valence-corrected chi connectivity index (χ1v) is 15.1. The van der Waals surface area contributed by atoms with Crippen molar-refractivity contribution in [1.82, 2.24) is 0 Å². The van der Waals surface area contributed by atoms with Crippen molar-refractivity contribution >= 4 is 28.9 Å². The molecule has 40 heavy (non-hydrogen) atoms. The number of hydrogen-bond donors (Lipinski definition) is 5. The van der Waals surface area contributed by atoms with Crippen molar-refractivity contribution in [2.24, 2.45) is 0 Å². The molecule has 0 bridgehead atoms. The average Bonchev–Trinajstić information content (AvgIpc) is 3.59. The van der Waals surface area contributed by atoms with E-state index in [1.807, 2.05) is 11.0 Å². The van der Waals surface area contributed by atoms with Gasteiger partial charge in [0.2, 0.25) is 5.91 Å². The fourth-order valence-electron chi connectivity index (χ4n) is 4.98. The summed E-state index contributed by atoms with van der Waals surface area (Å²) in [6.07, 6.45) is 3.01.